The lowest BCUT2D eigenvalue weighted by molar-refractivity contribution is -0.266. The number of rotatable bonds is 12. The number of oxazole rings is 1. The van der Waals surface area contributed by atoms with E-state index in [4.69, 9.17) is 43.9 Å². The van der Waals surface area contributed by atoms with Crippen LogP contribution in [-0.4, -0.2) is 156 Å². The lowest BCUT2D eigenvalue weighted by Gasteiger charge is -2.43. The number of allylic oxidation sites excluding steroid dienone is 6. The molecule has 3 aromatic heterocycles. The van der Waals surface area contributed by atoms with Crippen molar-refractivity contribution < 1.29 is 67.4 Å². The molecule has 89 heavy (non-hydrogen) atoms. The number of anilines is 1. The van der Waals surface area contributed by atoms with Crippen molar-refractivity contribution in [1.82, 2.24) is 29.6 Å². The number of esters is 1. The molecule has 8 rings (SSSR count). The van der Waals surface area contributed by atoms with Gasteiger partial charge in [-0.3, -0.25) is 19.2 Å². The zero-order chi connectivity index (χ0) is 64.4. The molecule has 0 radical (unpaired) electrons. The number of aryl methyl sites for hydroxylation is 1. The Labute approximate surface area is 522 Å². The van der Waals surface area contributed by atoms with E-state index in [1.165, 1.54) is 18.3 Å². The zero-order valence-electron chi connectivity index (χ0n) is 53.8. The lowest BCUT2D eigenvalue weighted by atomic mass is 9.78. The predicted octanol–water partition coefficient (Wildman–Crippen LogP) is 9.29. The largest absolute Gasteiger partial charge is 0.460 e. The van der Waals surface area contributed by atoms with Crippen molar-refractivity contribution in [2.45, 2.75) is 213 Å². The number of aliphatic hydroxyl groups excluding tert-OH is 2. The van der Waals surface area contributed by atoms with E-state index in [-0.39, 0.29) is 73.9 Å². The number of amides is 1. The average molecular weight is 1230 g/mol. The van der Waals surface area contributed by atoms with E-state index < -0.39 is 83.9 Å². The van der Waals surface area contributed by atoms with Gasteiger partial charge < -0.3 is 54.1 Å². The lowest BCUT2D eigenvalue weighted by Crippen LogP contribution is -2.61. The van der Waals surface area contributed by atoms with Gasteiger partial charge in [0.15, 0.2) is 22.9 Å². The summed E-state index contributed by atoms with van der Waals surface area (Å²) >= 11 is 0. The SMILES string of the molecule is CO[C@@H]1C[C@@H](CC(C)[C@@H]2CC(=O)[C@H](C)/C=C(\C)[C@@H](O)[C@@H](OC)C(=O)[C@H](C)C[C@H](C)/C=C/C=C/C=C(/C)[C@@H](OCCCc3nc4cc(-c5nn(C(C)C)c6ncnc(N)c56)ccc4o3)C[C@@H]3CC[C@@H](C)[C@@](O)(O3)C(=O)C(=O)N3CCCC[C@H]3C(=O)O2)CC[C@H]1O. The number of nitrogens with zero attached hydrogens (tertiary/aromatic N) is 6. The number of nitrogens with two attached hydrogens (primary N) is 1. The van der Waals surface area contributed by atoms with Crippen molar-refractivity contribution in [2.75, 3.05) is 33.1 Å². The predicted molar refractivity (Wildman–Crippen MR) is 336 cm³/mol. The van der Waals surface area contributed by atoms with Crippen LogP contribution >= 0.6 is 0 Å². The number of carbonyl (C=O) groups excluding carboxylic acids is 5. The molecule has 1 amide bonds. The van der Waals surface area contributed by atoms with Gasteiger partial charge in [-0.2, -0.15) is 5.10 Å². The molecule has 1 saturated carbocycles. The number of ether oxygens (including phenoxy) is 5. The molecule has 5 N–H and O–H groups in total. The molecule has 4 aromatic rings. The number of hydrogen-bond donors (Lipinski definition) is 4. The quantitative estimate of drug-likeness (QED) is 0.0444. The van der Waals surface area contributed by atoms with Gasteiger partial charge in [0.05, 0.1) is 29.8 Å². The number of fused-ring (bicyclic) bond motifs is 5. The minimum atomic E-state index is -2.52. The third-order valence-electron chi connectivity index (χ3n) is 18.8. The summed E-state index contributed by atoms with van der Waals surface area (Å²) in [6.45, 7) is 17.0. The first-order valence-corrected chi connectivity index (χ1v) is 32.1. The van der Waals surface area contributed by atoms with Gasteiger partial charge in [0, 0.05) is 76.0 Å². The Bertz CT molecular complexity index is 3260. The number of nitrogen functional groups attached to an aromatic ring is 1. The number of benzene rings is 1. The topological polar surface area (TPSA) is 291 Å². The van der Waals surface area contributed by atoms with Crippen LogP contribution in [0.25, 0.3) is 33.4 Å². The van der Waals surface area contributed by atoms with E-state index in [0.29, 0.717) is 116 Å². The second-order valence-corrected chi connectivity index (χ2v) is 26.0. The van der Waals surface area contributed by atoms with E-state index in [2.05, 4.69) is 9.97 Å². The average Bonchev–Trinajstić information content (AvgIpc) is 1.76. The molecule has 21 heteroatoms. The maximum Gasteiger partial charge on any atom is 0.329 e. The summed E-state index contributed by atoms with van der Waals surface area (Å²) in [6, 6.07) is 4.51. The Morgan fingerprint density at radius 2 is 1.66 bits per heavy atom. The van der Waals surface area contributed by atoms with Crippen molar-refractivity contribution in [2.24, 2.45) is 35.5 Å². The Morgan fingerprint density at radius 3 is 2.40 bits per heavy atom. The first kappa shape index (κ1) is 68.6. The van der Waals surface area contributed by atoms with Crippen LogP contribution in [0, 0.1) is 35.5 Å². The number of piperidine rings is 1. The van der Waals surface area contributed by atoms with Crippen LogP contribution in [0.3, 0.4) is 0 Å². The van der Waals surface area contributed by atoms with Crippen LogP contribution in [0.4, 0.5) is 5.82 Å². The van der Waals surface area contributed by atoms with Crippen molar-refractivity contribution >= 4 is 57.2 Å². The van der Waals surface area contributed by atoms with Gasteiger partial charge in [0.1, 0.15) is 53.5 Å². The molecule has 1 unspecified atom stereocenters. The van der Waals surface area contributed by atoms with Gasteiger partial charge in [-0.05, 0) is 145 Å². The highest BCUT2D eigenvalue weighted by atomic mass is 16.6. The monoisotopic (exact) mass is 1230 g/mol. The van der Waals surface area contributed by atoms with Crippen LogP contribution in [0.5, 0.6) is 0 Å². The number of methoxy groups -OCH3 is 2. The molecule has 1 aromatic carbocycles. The molecule has 3 aliphatic heterocycles. The van der Waals surface area contributed by atoms with Gasteiger partial charge >= 0.3 is 5.97 Å². The highest BCUT2D eigenvalue weighted by Gasteiger charge is 2.53. The second-order valence-electron chi connectivity index (χ2n) is 26.0. The minimum Gasteiger partial charge on any atom is -0.460 e. The molecule has 1 aliphatic carbocycles. The van der Waals surface area contributed by atoms with Gasteiger partial charge in [-0.1, -0.05) is 71.1 Å². The summed E-state index contributed by atoms with van der Waals surface area (Å²) in [5.74, 6) is -7.62. The molecule has 15 atom stereocenters. The molecule has 486 valence electrons. The van der Waals surface area contributed by atoms with Gasteiger partial charge in [-0.15, -0.1) is 0 Å². The van der Waals surface area contributed by atoms with E-state index >= 15 is 0 Å². The minimum absolute atomic E-state index is 0.0279. The molecular weight excluding hydrogens is 1140 g/mol. The Hall–Kier alpha value is -6.33. The van der Waals surface area contributed by atoms with Crippen LogP contribution in [-0.2, 0) is 54.1 Å². The summed E-state index contributed by atoms with van der Waals surface area (Å²) in [7, 11) is 2.94. The normalized spacial score (nSPS) is 32.9. The highest BCUT2D eigenvalue weighted by molar-refractivity contribution is 6.39. The molecule has 0 spiro atoms. The van der Waals surface area contributed by atoms with E-state index in [9.17, 15) is 39.3 Å². The molecule has 2 saturated heterocycles. The Kier molecular flexibility index (Phi) is 23.6. The van der Waals surface area contributed by atoms with Gasteiger partial charge in [0.25, 0.3) is 11.7 Å². The number of Topliss-reactive ketones (excluding diaryl/α,β-unsaturated/α-hetero) is 3. The fourth-order valence-electron chi connectivity index (χ4n) is 13.3. The Balaban J connectivity index is 1.04. The van der Waals surface area contributed by atoms with Crippen LogP contribution in [0.1, 0.15) is 158 Å². The molecule has 4 aliphatic rings. The maximum atomic E-state index is 14.7. The van der Waals surface area contributed by atoms with E-state index in [1.54, 1.807) is 34.0 Å². The zero-order valence-corrected chi connectivity index (χ0v) is 53.8. The number of hydrogen-bond acceptors (Lipinski definition) is 19. The third-order valence-corrected chi connectivity index (χ3v) is 18.8. The van der Waals surface area contributed by atoms with Crippen molar-refractivity contribution in [1.29, 1.82) is 0 Å². The fourth-order valence-corrected chi connectivity index (χ4v) is 13.3. The smallest absolute Gasteiger partial charge is 0.329 e. The van der Waals surface area contributed by atoms with E-state index in [0.717, 1.165) is 11.1 Å². The van der Waals surface area contributed by atoms with Crippen LogP contribution in [0.2, 0.25) is 0 Å². The standard InChI is InChI=1S/C68H95N7O14/c1-38(2)75-65-58(64(69)70-37-71-65)59(73-75)47-24-27-53-49(34-47)72-57(87-53)21-17-29-86-54-35-48-25-22-45(9)68(83,89-48)63(80)66(81)74-28-16-15-20-50(74)67(82)88-55(42(6)32-46-23-26-51(76)56(33-46)84-10)36-52(77)41(5)31-44(8)61(79)62(85-11)60(78)43(7)30-39(3)18-13-12-14-19-40(54)4/h12-14,18-19,24,27,31,34,37-39,41-43,45-46,48,50-51,54-56,61-62,76,79,83H,15-17,20-23,25-26,28-30,32-33,35-36H2,1-11H3,(H2,69,70,71)/b14-12+,18-13+,40-19-,44-31+/t39-,41-,42?,43-,45-,46-,48+,50+,51-,54+,55+,56-,61-,62+,68-/m1/s1. The number of aromatic nitrogens is 5. The fraction of sp³-hybridized carbons (Fsp3) is 0.632. The molecule has 2 bridgehead atoms. The molecule has 6 heterocycles. The van der Waals surface area contributed by atoms with Gasteiger partial charge in [-0.25, -0.2) is 24.4 Å². The Morgan fingerprint density at radius 1 is 0.888 bits per heavy atom. The van der Waals surface area contributed by atoms with Crippen molar-refractivity contribution in [3.05, 3.63) is 78.0 Å². The summed E-state index contributed by atoms with van der Waals surface area (Å²) in [5, 5.41) is 40.1. The first-order chi connectivity index (χ1) is 42.4. The highest BCUT2D eigenvalue weighted by Crippen LogP contribution is 2.39. The third kappa shape index (κ3) is 16.4. The summed E-state index contributed by atoms with van der Waals surface area (Å²) in [5.41, 5.74) is 10.9. The second kappa shape index (κ2) is 30.7. The van der Waals surface area contributed by atoms with Crippen LogP contribution < -0.4 is 5.73 Å². The summed E-state index contributed by atoms with van der Waals surface area (Å²) in [6.07, 6.45) is 12.7. The number of carbonyl (C=O) groups is 5. The van der Waals surface area contributed by atoms with Crippen LogP contribution in [0.15, 0.2) is 76.5 Å². The van der Waals surface area contributed by atoms with Crippen molar-refractivity contribution in [3.8, 4) is 11.3 Å². The summed E-state index contributed by atoms with van der Waals surface area (Å²) < 4.78 is 38.7. The summed E-state index contributed by atoms with van der Waals surface area (Å²) in [4.78, 5) is 87.0. The molecule has 3 fully saturated rings. The number of cyclic esters (lactones) is 1. The maximum absolute atomic E-state index is 14.7. The molecule has 21 nitrogen and oxygen atoms in total. The van der Waals surface area contributed by atoms with Crippen molar-refractivity contribution in [3.63, 3.8) is 0 Å². The number of aliphatic hydroxyl groups is 3. The first-order valence-electron chi connectivity index (χ1n) is 32.1. The number of ketones is 3. The molecular formula is C68H95N7O14. The van der Waals surface area contributed by atoms with E-state index in [1.807, 2.05) is 94.8 Å². The van der Waals surface area contributed by atoms with Gasteiger partial charge in [0.2, 0.25) is 5.79 Å².